The predicted octanol–water partition coefficient (Wildman–Crippen LogP) is 3.58. The van der Waals surface area contributed by atoms with E-state index in [1.54, 1.807) is 0 Å². The van der Waals surface area contributed by atoms with Crippen LogP contribution in [0.5, 0.6) is 0 Å². The maximum Gasteiger partial charge on any atom is 0.0597 e. The molecule has 3 heteroatoms. The molecule has 1 atom stereocenters. The molecule has 1 aliphatic heterocycles. The van der Waals surface area contributed by atoms with Gasteiger partial charge in [-0.3, -0.25) is 4.90 Å². The molecule has 1 saturated carbocycles. The van der Waals surface area contributed by atoms with E-state index >= 15 is 0 Å². The minimum atomic E-state index is 0.330. The van der Waals surface area contributed by atoms with E-state index in [4.69, 9.17) is 4.74 Å². The van der Waals surface area contributed by atoms with Crippen LogP contribution in [0.1, 0.15) is 72.1 Å². The zero-order chi connectivity index (χ0) is 15.1. The van der Waals surface area contributed by atoms with E-state index in [1.807, 2.05) is 0 Å². The Labute approximate surface area is 131 Å². The van der Waals surface area contributed by atoms with Gasteiger partial charge < -0.3 is 10.1 Å². The summed E-state index contributed by atoms with van der Waals surface area (Å²) in [7, 11) is 0. The van der Waals surface area contributed by atoms with E-state index in [2.05, 4.69) is 31.0 Å². The number of piperazine rings is 1. The van der Waals surface area contributed by atoms with Gasteiger partial charge in [0.2, 0.25) is 0 Å². The van der Waals surface area contributed by atoms with Gasteiger partial charge in [0.25, 0.3) is 0 Å². The second-order valence-corrected chi connectivity index (χ2v) is 7.03. The lowest BCUT2D eigenvalue weighted by Crippen LogP contribution is -2.64. The molecule has 1 aliphatic carbocycles. The standard InChI is InChI=1S/C18H36N2O/c1-4-16-14-19-18(5-2,6-3)15-20(16)12-13-21-17-10-8-7-9-11-17/h16-17,19H,4-15H2,1-3H3. The molecule has 124 valence electrons. The Balaban J connectivity index is 1.80. The zero-order valence-corrected chi connectivity index (χ0v) is 14.5. The molecular weight excluding hydrogens is 260 g/mol. The molecule has 3 nitrogen and oxygen atoms in total. The van der Waals surface area contributed by atoms with E-state index < -0.39 is 0 Å². The van der Waals surface area contributed by atoms with Crippen molar-refractivity contribution in [3.8, 4) is 0 Å². The Morgan fingerprint density at radius 1 is 1.10 bits per heavy atom. The van der Waals surface area contributed by atoms with Crippen molar-refractivity contribution in [2.24, 2.45) is 0 Å². The molecule has 2 aliphatic rings. The van der Waals surface area contributed by atoms with Crippen LogP contribution < -0.4 is 5.32 Å². The van der Waals surface area contributed by atoms with Crippen molar-refractivity contribution in [1.82, 2.24) is 10.2 Å². The third-order valence-electron chi connectivity index (χ3n) is 5.84. The molecule has 2 rings (SSSR count). The Kier molecular flexibility index (Phi) is 6.97. The summed E-state index contributed by atoms with van der Waals surface area (Å²) < 4.78 is 6.15. The number of hydrogen-bond donors (Lipinski definition) is 1. The van der Waals surface area contributed by atoms with Gasteiger partial charge in [-0.1, -0.05) is 40.0 Å². The van der Waals surface area contributed by atoms with Crippen molar-refractivity contribution >= 4 is 0 Å². The van der Waals surface area contributed by atoms with Crippen LogP contribution in [0.3, 0.4) is 0 Å². The summed E-state index contributed by atoms with van der Waals surface area (Å²) in [5, 5.41) is 3.82. The molecule has 1 N–H and O–H groups in total. The number of hydrogen-bond acceptors (Lipinski definition) is 3. The molecular formula is C18H36N2O. The lowest BCUT2D eigenvalue weighted by atomic mass is 9.88. The van der Waals surface area contributed by atoms with Gasteiger partial charge in [-0.05, 0) is 32.1 Å². The fourth-order valence-corrected chi connectivity index (χ4v) is 3.99. The number of nitrogens with zero attached hydrogens (tertiary/aromatic N) is 1. The van der Waals surface area contributed by atoms with Crippen LogP contribution >= 0.6 is 0 Å². The molecule has 0 aromatic carbocycles. The first-order valence-corrected chi connectivity index (χ1v) is 9.33. The highest BCUT2D eigenvalue weighted by Crippen LogP contribution is 2.24. The number of rotatable bonds is 7. The van der Waals surface area contributed by atoms with Crippen LogP contribution in [-0.2, 0) is 4.74 Å². The van der Waals surface area contributed by atoms with Crippen LogP contribution in [0.4, 0.5) is 0 Å². The fraction of sp³-hybridized carbons (Fsp3) is 1.00. The molecule has 1 heterocycles. The van der Waals surface area contributed by atoms with Gasteiger partial charge in [0.15, 0.2) is 0 Å². The van der Waals surface area contributed by atoms with E-state index in [0.29, 0.717) is 17.7 Å². The molecule has 0 amide bonds. The first kappa shape index (κ1) is 17.2. The summed E-state index contributed by atoms with van der Waals surface area (Å²) in [5.74, 6) is 0. The molecule has 0 aromatic rings. The minimum Gasteiger partial charge on any atom is -0.377 e. The van der Waals surface area contributed by atoms with E-state index in [9.17, 15) is 0 Å². The molecule has 2 fully saturated rings. The lowest BCUT2D eigenvalue weighted by Gasteiger charge is -2.47. The zero-order valence-electron chi connectivity index (χ0n) is 14.5. The molecule has 0 aromatic heterocycles. The normalized spacial score (nSPS) is 27.9. The Hall–Kier alpha value is -0.120. The van der Waals surface area contributed by atoms with Crippen molar-refractivity contribution < 1.29 is 4.74 Å². The topological polar surface area (TPSA) is 24.5 Å². The number of ether oxygens (including phenoxy) is 1. The van der Waals surface area contributed by atoms with Crippen molar-refractivity contribution in [2.45, 2.75) is 89.8 Å². The van der Waals surface area contributed by atoms with Crippen LogP contribution in [-0.4, -0.2) is 48.8 Å². The van der Waals surface area contributed by atoms with Gasteiger partial charge >= 0.3 is 0 Å². The smallest absolute Gasteiger partial charge is 0.0597 e. The van der Waals surface area contributed by atoms with Crippen molar-refractivity contribution in [2.75, 3.05) is 26.2 Å². The first-order valence-electron chi connectivity index (χ1n) is 9.33. The Morgan fingerprint density at radius 3 is 2.43 bits per heavy atom. The average Bonchev–Trinajstić information content (AvgIpc) is 2.55. The van der Waals surface area contributed by atoms with Gasteiger partial charge in [0.1, 0.15) is 0 Å². The van der Waals surface area contributed by atoms with Crippen molar-refractivity contribution in [3.63, 3.8) is 0 Å². The maximum absolute atomic E-state index is 6.15. The van der Waals surface area contributed by atoms with Crippen LogP contribution in [0.25, 0.3) is 0 Å². The van der Waals surface area contributed by atoms with Crippen LogP contribution in [0.2, 0.25) is 0 Å². The first-order chi connectivity index (χ1) is 10.2. The summed E-state index contributed by atoms with van der Waals surface area (Å²) in [4.78, 5) is 2.69. The Morgan fingerprint density at radius 2 is 1.81 bits per heavy atom. The molecule has 1 unspecified atom stereocenters. The molecule has 0 spiro atoms. The van der Waals surface area contributed by atoms with Crippen LogP contribution in [0, 0.1) is 0 Å². The van der Waals surface area contributed by atoms with Crippen LogP contribution in [0.15, 0.2) is 0 Å². The highest BCUT2D eigenvalue weighted by molar-refractivity contribution is 4.96. The van der Waals surface area contributed by atoms with Crippen molar-refractivity contribution in [1.29, 1.82) is 0 Å². The summed E-state index contributed by atoms with van der Waals surface area (Å²) in [6, 6.07) is 0.686. The van der Waals surface area contributed by atoms with Gasteiger partial charge in [0.05, 0.1) is 12.7 Å². The molecule has 1 saturated heterocycles. The van der Waals surface area contributed by atoms with Gasteiger partial charge in [-0.2, -0.15) is 0 Å². The SMILES string of the molecule is CCC1CNC(CC)(CC)CN1CCOC1CCCCC1. The second kappa shape index (κ2) is 8.50. The van der Waals surface area contributed by atoms with Crippen molar-refractivity contribution in [3.05, 3.63) is 0 Å². The third-order valence-corrected chi connectivity index (χ3v) is 5.84. The second-order valence-electron chi connectivity index (χ2n) is 7.03. The quantitative estimate of drug-likeness (QED) is 0.777. The van der Waals surface area contributed by atoms with E-state index in [-0.39, 0.29) is 0 Å². The maximum atomic E-state index is 6.15. The summed E-state index contributed by atoms with van der Waals surface area (Å²) in [6.45, 7) is 11.3. The Bertz CT molecular complexity index is 285. The molecule has 0 radical (unpaired) electrons. The highest BCUT2D eigenvalue weighted by Gasteiger charge is 2.35. The summed E-state index contributed by atoms with van der Waals surface area (Å²) >= 11 is 0. The monoisotopic (exact) mass is 296 g/mol. The van der Waals surface area contributed by atoms with Gasteiger partial charge in [0, 0.05) is 31.2 Å². The molecule has 21 heavy (non-hydrogen) atoms. The van der Waals surface area contributed by atoms with Gasteiger partial charge in [-0.15, -0.1) is 0 Å². The highest BCUT2D eigenvalue weighted by atomic mass is 16.5. The largest absolute Gasteiger partial charge is 0.377 e. The summed E-state index contributed by atoms with van der Waals surface area (Å²) in [5.41, 5.74) is 0.330. The van der Waals surface area contributed by atoms with E-state index in [0.717, 1.165) is 19.7 Å². The summed E-state index contributed by atoms with van der Waals surface area (Å²) in [6.07, 6.45) is 10.9. The number of nitrogens with one attached hydrogen (secondary N) is 1. The third kappa shape index (κ3) is 4.67. The fourth-order valence-electron chi connectivity index (χ4n) is 3.99. The van der Waals surface area contributed by atoms with Gasteiger partial charge in [-0.25, -0.2) is 0 Å². The molecule has 0 bridgehead atoms. The minimum absolute atomic E-state index is 0.330. The lowest BCUT2D eigenvalue weighted by molar-refractivity contribution is -0.00618. The van der Waals surface area contributed by atoms with E-state index in [1.165, 1.54) is 57.9 Å². The average molecular weight is 296 g/mol. The predicted molar refractivity (Wildman–Crippen MR) is 89.8 cm³/mol.